The van der Waals surface area contributed by atoms with E-state index in [0.29, 0.717) is 22.2 Å². The second kappa shape index (κ2) is 11.6. The minimum atomic E-state index is -0.171. The Morgan fingerprint density at radius 2 is 1.71 bits per heavy atom. The third kappa shape index (κ3) is 5.68. The molecule has 1 aliphatic rings. The zero-order valence-corrected chi connectivity index (χ0v) is 25.8. The van der Waals surface area contributed by atoms with Gasteiger partial charge >= 0.3 is 0 Å². The van der Waals surface area contributed by atoms with Gasteiger partial charge in [0, 0.05) is 23.7 Å². The van der Waals surface area contributed by atoms with Gasteiger partial charge in [0.1, 0.15) is 11.5 Å². The maximum atomic E-state index is 13.7. The maximum Gasteiger partial charge on any atom is 0.297 e. The fourth-order valence-corrected chi connectivity index (χ4v) is 6.34. The molecule has 4 aromatic rings. The first kappa shape index (κ1) is 28.7. The van der Waals surface area contributed by atoms with Crippen LogP contribution in [0.5, 0.6) is 11.5 Å². The standard InChI is InChI=1S/C32H39N5O3S/c1-21-29(30(38)37(35(21)5)24-11-9-8-10-12-24)33-31-36(34-23-15-13-22(14-16-23)32(2,3)4)27(20-41-31)26-19-25(39-6)17-18-28(26)40-7/h8-12,17-20,22H,13-16H2,1-7H3. The number of rotatable bonds is 6. The number of benzene rings is 2. The van der Waals surface area contributed by atoms with Gasteiger partial charge in [-0.1, -0.05) is 39.0 Å². The summed E-state index contributed by atoms with van der Waals surface area (Å²) < 4.78 is 16.6. The van der Waals surface area contributed by atoms with Crippen LogP contribution >= 0.6 is 11.3 Å². The number of nitrogens with zero attached hydrogens (tertiary/aromatic N) is 5. The lowest BCUT2D eigenvalue weighted by atomic mass is 9.72. The summed E-state index contributed by atoms with van der Waals surface area (Å²) in [5.41, 5.74) is 4.90. The highest BCUT2D eigenvalue weighted by molar-refractivity contribution is 7.07. The van der Waals surface area contributed by atoms with Gasteiger partial charge < -0.3 is 9.47 Å². The van der Waals surface area contributed by atoms with Crippen molar-refractivity contribution in [2.24, 2.45) is 28.5 Å². The largest absolute Gasteiger partial charge is 0.497 e. The van der Waals surface area contributed by atoms with Crippen LogP contribution in [0.2, 0.25) is 0 Å². The molecular formula is C32H39N5O3S. The number of hydrogen-bond acceptors (Lipinski definition) is 6. The Morgan fingerprint density at radius 1 is 1.00 bits per heavy atom. The van der Waals surface area contributed by atoms with Crippen molar-refractivity contribution in [1.82, 2.24) is 14.0 Å². The minimum Gasteiger partial charge on any atom is -0.497 e. The van der Waals surface area contributed by atoms with Crippen molar-refractivity contribution in [1.29, 1.82) is 0 Å². The fourth-order valence-electron chi connectivity index (χ4n) is 5.51. The molecular weight excluding hydrogens is 534 g/mol. The van der Waals surface area contributed by atoms with Crippen LogP contribution in [-0.2, 0) is 7.05 Å². The number of thiazole rings is 1. The van der Waals surface area contributed by atoms with Crippen molar-refractivity contribution in [3.63, 3.8) is 0 Å². The van der Waals surface area contributed by atoms with Crippen molar-refractivity contribution >= 4 is 22.7 Å². The van der Waals surface area contributed by atoms with E-state index in [1.54, 1.807) is 18.9 Å². The number of methoxy groups -OCH3 is 2. The first-order valence-corrected chi connectivity index (χ1v) is 14.9. The van der Waals surface area contributed by atoms with E-state index >= 15 is 0 Å². The lowest BCUT2D eigenvalue weighted by molar-refractivity contribution is 0.208. The van der Waals surface area contributed by atoms with E-state index in [1.807, 2.05) is 77.2 Å². The average Bonchev–Trinajstić information content (AvgIpc) is 3.45. The van der Waals surface area contributed by atoms with E-state index in [1.165, 1.54) is 11.3 Å². The maximum absolute atomic E-state index is 13.7. The number of ether oxygens (including phenoxy) is 2. The van der Waals surface area contributed by atoms with E-state index in [9.17, 15) is 4.79 Å². The van der Waals surface area contributed by atoms with E-state index in [2.05, 4.69) is 20.8 Å². The van der Waals surface area contributed by atoms with E-state index in [-0.39, 0.29) is 11.0 Å². The highest BCUT2D eigenvalue weighted by atomic mass is 32.1. The molecule has 2 heterocycles. The summed E-state index contributed by atoms with van der Waals surface area (Å²) in [7, 11) is 5.19. The smallest absolute Gasteiger partial charge is 0.297 e. The summed E-state index contributed by atoms with van der Waals surface area (Å²) in [6, 6.07) is 15.4. The van der Waals surface area contributed by atoms with Crippen LogP contribution in [0.15, 0.2) is 68.8 Å². The lowest BCUT2D eigenvalue weighted by Crippen LogP contribution is -2.26. The number of hydrogen-bond donors (Lipinski definition) is 0. The third-order valence-corrected chi connectivity index (χ3v) is 8.94. The molecule has 216 valence electrons. The van der Waals surface area contributed by atoms with Crippen molar-refractivity contribution in [2.75, 3.05) is 14.2 Å². The van der Waals surface area contributed by atoms with E-state index in [4.69, 9.17) is 19.6 Å². The quantitative estimate of drug-likeness (QED) is 0.257. The lowest BCUT2D eigenvalue weighted by Gasteiger charge is -2.34. The van der Waals surface area contributed by atoms with Crippen LogP contribution in [0.25, 0.3) is 16.9 Å². The fraction of sp³-hybridized carbons (Fsp3) is 0.406. The Morgan fingerprint density at radius 3 is 2.34 bits per heavy atom. The molecule has 2 aromatic heterocycles. The molecule has 0 bridgehead atoms. The molecule has 9 heteroatoms. The van der Waals surface area contributed by atoms with Crippen molar-refractivity contribution in [3.8, 4) is 28.4 Å². The van der Waals surface area contributed by atoms with Crippen LogP contribution in [0.4, 0.5) is 5.69 Å². The molecule has 41 heavy (non-hydrogen) atoms. The van der Waals surface area contributed by atoms with Gasteiger partial charge in [-0.2, -0.15) is 5.10 Å². The molecule has 5 rings (SSSR count). The molecule has 0 atom stereocenters. The Kier molecular flexibility index (Phi) is 8.09. The number of aromatic nitrogens is 3. The minimum absolute atomic E-state index is 0.171. The molecule has 0 radical (unpaired) electrons. The van der Waals surface area contributed by atoms with Crippen LogP contribution < -0.4 is 19.8 Å². The van der Waals surface area contributed by atoms with Crippen molar-refractivity contribution in [3.05, 3.63) is 74.8 Å². The van der Waals surface area contributed by atoms with Crippen LogP contribution in [0.1, 0.15) is 52.1 Å². The average molecular weight is 574 g/mol. The van der Waals surface area contributed by atoms with Gasteiger partial charge in [-0.05, 0) is 74.3 Å². The van der Waals surface area contributed by atoms with Gasteiger partial charge in [-0.15, -0.1) is 11.3 Å². The Balaban J connectivity index is 1.68. The summed E-state index contributed by atoms with van der Waals surface area (Å²) in [5, 5.41) is 7.21. The number of para-hydroxylation sites is 1. The van der Waals surface area contributed by atoms with Gasteiger partial charge in [0.15, 0.2) is 5.69 Å². The van der Waals surface area contributed by atoms with E-state index in [0.717, 1.165) is 59.8 Å². The molecule has 0 spiro atoms. The Bertz CT molecular complexity index is 1690. The molecule has 0 saturated heterocycles. The zero-order chi connectivity index (χ0) is 29.3. The molecule has 0 N–H and O–H groups in total. The van der Waals surface area contributed by atoms with Gasteiger partial charge in [0.25, 0.3) is 5.56 Å². The topological polar surface area (TPSA) is 75.0 Å². The molecule has 2 aromatic carbocycles. The second-order valence-electron chi connectivity index (χ2n) is 11.6. The van der Waals surface area contributed by atoms with Crippen molar-refractivity contribution in [2.45, 2.75) is 53.4 Å². The van der Waals surface area contributed by atoms with Gasteiger partial charge in [-0.25, -0.2) is 14.4 Å². The summed E-state index contributed by atoms with van der Waals surface area (Å²) in [6.07, 6.45) is 4.09. The van der Waals surface area contributed by atoms with Crippen LogP contribution in [0, 0.1) is 18.3 Å². The van der Waals surface area contributed by atoms with Crippen LogP contribution in [0.3, 0.4) is 0 Å². The molecule has 1 saturated carbocycles. The molecule has 0 unspecified atom stereocenters. The zero-order valence-electron chi connectivity index (χ0n) is 25.0. The molecule has 0 amide bonds. The van der Waals surface area contributed by atoms with Crippen molar-refractivity contribution < 1.29 is 9.47 Å². The second-order valence-corrected chi connectivity index (χ2v) is 12.4. The van der Waals surface area contributed by atoms with Gasteiger partial charge in [0.05, 0.1) is 31.3 Å². The first-order valence-electron chi connectivity index (χ1n) is 14.0. The van der Waals surface area contributed by atoms with Gasteiger partial charge in [-0.3, -0.25) is 9.48 Å². The van der Waals surface area contributed by atoms with Crippen LogP contribution in [-0.4, -0.2) is 34.0 Å². The SMILES string of the molecule is COc1ccc(OC)c(-c2csc(=Nc3c(C)n(C)n(-c4ccccc4)c3=O)n2N=C2CCC(C(C)(C)C)CC2)c1. The highest BCUT2D eigenvalue weighted by Gasteiger charge is 2.28. The Hall–Kier alpha value is -3.85. The summed E-state index contributed by atoms with van der Waals surface area (Å²) in [6.45, 7) is 8.88. The molecule has 0 aliphatic heterocycles. The van der Waals surface area contributed by atoms with Gasteiger partial charge in [0.2, 0.25) is 4.80 Å². The summed E-state index contributed by atoms with van der Waals surface area (Å²) >= 11 is 1.46. The normalized spacial score (nSPS) is 16.2. The third-order valence-electron chi connectivity index (χ3n) is 8.13. The Labute approximate surface area is 245 Å². The molecule has 8 nitrogen and oxygen atoms in total. The molecule has 1 fully saturated rings. The predicted molar refractivity (Wildman–Crippen MR) is 166 cm³/mol. The van der Waals surface area contributed by atoms with E-state index < -0.39 is 0 Å². The monoisotopic (exact) mass is 573 g/mol. The predicted octanol–water partition coefficient (Wildman–Crippen LogP) is 6.70. The molecule has 1 aliphatic carbocycles. The summed E-state index contributed by atoms with van der Waals surface area (Å²) in [5.74, 6) is 2.10. The first-order chi connectivity index (χ1) is 19.6. The summed E-state index contributed by atoms with van der Waals surface area (Å²) in [4.78, 5) is 19.3. The highest BCUT2D eigenvalue weighted by Crippen LogP contribution is 2.38.